The Kier molecular flexibility index (Phi) is 7.28. The minimum absolute atomic E-state index is 0.171. The van der Waals surface area contributed by atoms with E-state index in [2.05, 4.69) is 21.8 Å². The Morgan fingerprint density at radius 3 is 2.27 bits per heavy atom. The first-order valence-corrected chi connectivity index (χ1v) is 9.89. The minimum Gasteiger partial charge on any atom is -0.418 e. The number of aromatic nitrogens is 3. The van der Waals surface area contributed by atoms with E-state index >= 15 is 0 Å². The van der Waals surface area contributed by atoms with Gasteiger partial charge in [0.1, 0.15) is 12.6 Å². The maximum absolute atomic E-state index is 9.75. The SMILES string of the molecule is Clc1cc(Cl)c(-n2c[n+]3c(n2)COC[C@@H]3Cc2ccccc2)c(Cl)c1.F[B-](F)(F)F. The van der Waals surface area contributed by atoms with Gasteiger partial charge in [0.05, 0.1) is 16.7 Å². The van der Waals surface area contributed by atoms with Crippen LogP contribution < -0.4 is 4.57 Å². The minimum atomic E-state index is -6.00. The van der Waals surface area contributed by atoms with Crippen LogP contribution in [0.25, 0.3) is 5.69 Å². The van der Waals surface area contributed by atoms with Crippen LogP contribution in [0.3, 0.4) is 0 Å². The highest BCUT2D eigenvalue weighted by molar-refractivity contribution is 6.50. The molecule has 3 aromatic rings. The summed E-state index contributed by atoms with van der Waals surface area (Å²) in [6.45, 7) is 1.10. The third kappa shape index (κ3) is 6.10. The second kappa shape index (κ2) is 9.55. The van der Waals surface area contributed by atoms with Crippen LogP contribution >= 0.6 is 34.8 Å². The molecule has 1 aliphatic rings. The summed E-state index contributed by atoms with van der Waals surface area (Å²) in [4.78, 5) is 0. The van der Waals surface area contributed by atoms with E-state index in [1.165, 1.54) is 5.56 Å². The number of fused-ring (bicyclic) bond motifs is 1. The van der Waals surface area contributed by atoms with Crippen LogP contribution in [0.1, 0.15) is 17.4 Å². The van der Waals surface area contributed by atoms with E-state index in [1.807, 2.05) is 24.5 Å². The number of ether oxygens (including phenoxy) is 1. The highest BCUT2D eigenvalue weighted by Crippen LogP contribution is 2.31. The molecule has 0 fully saturated rings. The predicted molar refractivity (Wildman–Crippen MR) is 108 cm³/mol. The second-order valence-electron chi connectivity index (χ2n) is 6.46. The average molecular weight is 483 g/mol. The molecule has 160 valence electrons. The summed E-state index contributed by atoms with van der Waals surface area (Å²) in [5, 5.41) is 6.01. The molecule has 4 rings (SSSR count). The van der Waals surface area contributed by atoms with Gasteiger partial charge in [-0.05, 0) is 17.7 Å². The van der Waals surface area contributed by atoms with Crippen LogP contribution in [0.15, 0.2) is 48.8 Å². The van der Waals surface area contributed by atoms with Gasteiger partial charge in [-0.1, -0.05) is 69.8 Å². The van der Waals surface area contributed by atoms with E-state index in [-0.39, 0.29) is 6.04 Å². The molecule has 0 aliphatic carbocycles. The summed E-state index contributed by atoms with van der Waals surface area (Å²) in [6.07, 6.45) is 2.79. The lowest BCUT2D eigenvalue weighted by atomic mass is 10.1. The maximum Gasteiger partial charge on any atom is 0.673 e. The van der Waals surface area contributed by atoms with E-state index < -0.39 is 7.25 Å². The van der Waals surface area contributed by atoms with E-state index in [1.54, 1.807) is 16.8 Å². The van der Waals surface area contributed by atoms with Crippen molar-refractivity contribution in [1.29, 1.82) is 0 Å². The summed E-state index contributed by atoms with van der Waals surface area (Å²) in [7, 11) is -6.00. The van der Waals surface area contributed by atoms with E-state index in [0.29, 0.717) is 34.0 Å². The van der Waals surface area contributed by atoms with Crippen LogP contribution in [0.4, 0.5) is 17.3 Å². The first-order valence-electron chi connectivity index (χ1n) is 8.75. The molecular weight excluding hydrogens is 467 g/mol. The predicted octanol–water partition coefficient (Wildman–Crippen LogP) is 5.73. The summed E-state index contributed by atoms with van der Waals surface area (Å²) < 4.78 is 48.6. The number of hydrogen-bond donors (Lipinski definition) is 0. The molecule has 0 bridgehead atoms. The molecule has 12 heteroatoms. The van der Waals surface area contributed by atoms with Crippen LogP contribution in [-0.4, -0.2) is 23.6 Å². The normalized spacial score (nSPS) is 15.9. The lowest BCUT2D eigenvalue weighted by molar-refractivity contribution is -0.742. The van der Waals surface area contributed by atoms with E-state index in [0.717, 1.165) is 12.2 Å². The molecule has 0 unspecified atom stereocenters. The number of halogens is 7. The Balaban J connectivity index is 0.000000461. The van der Waals surface area contributed by atoms with Crippen LogP contribution in [-0.2, 0) is 17.8 Å². The Bertz CT molecular complexity index is 989. The van der Waals surface area contributed by atoms with Gasteiger partial charge >= 0.3 is 13.1 Å². The highest BCUT2D eigenvalue weighted by Gasteiger charge is 2.31. The lowest BCUT2D eigenvalue weighted by Gasteiger charge is -2.19. The van der Waals surface area contributed by atoms with Gasteiger partial charge in [0.2, 0.25) is 6.33 Å². The first-order chi connectivity index (χ1) is 14.1. The fourth-order valence-electron chi connectivity index (χ4n) is 3.07. The fraction of sp³-hybridized carbons (Fsp3) is 0.222. The van der Waals surface area contributed by atoms with Crippen molar-refractivity contribution in [2.24, 2.45) is 0 Å². The van der Waals surface area contributed by atoms with Crippen molar-refractivity contribution < 1.29 is 26.6 Å². The number of nitrogens with zero attached hydrogens (tertiary/aromatic N) is 3. The molecule has 0 spiro atoms. The summed E-state index contributed by atoms with van der Waals surface area (Å²) >= 11 is 18.7. The van der Waals surface area contributed by atoms with Gasteiger partial charge in [-0.15, -0.1) is 0 Å². The zero-order chi connectivity index (χ0) is 21.9. The Hall–Kier alpha value is -1.81. The zero-order valence-electron chi connectivity index (χ0n) is 15.3. The van der Waals surface area contributed by atoms with Crippen LogP contribution in [0, 0.1) is 0 Å². The highest BCUT2D eigenvalue weighted by atomic mass is 35.5. The van der Waals surface area contributed by atoms with Gasteiger partial charge < -0.3 is 22.0 Å². The van der Waals surface area contributed by atoms with Crippen molar-refractivity contribution in [3.63, 3.8) is 0 Å². The quantitative estimate of drug-likeness (QED) is 0.271. The Morgan fingerprint density at radius 2 is 1.67 bits per heavy atom. The summed E-state index contributed by atoms with van der Waals surface area (Å²) in [5.74, 6) is 0.842. The monoisotopic (exact) mass is 481 g/mol. The molecule has 1 aliphatic heterocycles. The molecule has 2 heterocycles. The molecule has 2 aromatic carbocycles. The third-order valence-electron chi connectivity index (χ3n) is 4.21. The van der Waals surface area contributed by atoms with Gasteiger partial charge in [0.15, 0.2) is 5.69 Å². The third-order valence-corrected chi connectivity index (χ3v) is 5.01. The van der Waals surface area contributed by atoms with Crippen molar-refractivity contribution in [2.75, 3.05) is 6.61 Å². The van der Waals surface area contributed by atoms with Gasteiger partial charge in [0.25, 0.3) is 0 Å². The van der Waals surface area contributed by atoms with Crippen molar-refractivity contribution in [3.05, 3.63) is 75.2 Å². The maximum atomic E-state index is 9.75. The van der Waals surface area contributed by atoms with E-state index in [9.17, 15) is 17.3 Å². The standard InChI is InChI=1S/C18H15Cl3N3O.BF4/c19-13-7-15(20)18(16(21)8-13)24-11-23-14(9-25-10-17(23)22-24)6-12-4-2-1-3-5-12;2-1(3,4)5/h1-5,7-8,11,14H,6,9-10H2;/q+1;-1/t14-;/m0./s1. The van der Waals surface area contributed by atoms with Crippen LogP contribution in [0.2, 0.25) is 15.1 Å². The van der Waals surface area contributed by atoms with Crippen molar-refractivity contribution in [2.45, 2.75) is 19.1 Å². The molecule has 0 saturated heterocycles. The molecule has 1 aromatic heterocycles. The Morgan fingerprint density at radius 1 is 1.07 bits per heavy atom. The molecule has 0 saturated carbocycles. The van der Waals surface area contributed by atoms with E-state index in [4.69, 9.17) is 39.5 Å². The smallest absolute Gasteiger partial charge is 0.418 e. The Labute approximate surface area is 185 Å². The fourth-order valence-corrected chi connectivity index (χ4v) is 4.06. The molecule has 0 N–H and O–H groups in total. The van der Waals surface area contributed by atoms with Crippen molar-refractivity contribution >= 4 is 42.1 Å². The van der Waals surface area contributed by atoms with Gasteiger partial charge in [0, 0.05) is 16.5 Å². The van der Waals surface area contributed by atoms with Gasteiger partial charge in [-0.2, -0.15) is 0 Å². The number of benzene rings is 2. The van der Waals surface area contributed by atoms with Crippen LogP contribution in [0.5, 0.6) is 0 Å². The summed E-state index contributed by atoms with van der Waals surface area (Å²) in [6, 6.07) is 13.8. The zero-order valence-corrected chi connectivity index (χ0v) is 17.6. The second-order valence-corrected chi connectivity index (χ2v) is 7.71. The molecule has 30 heavy (non-hydrogen) atoms. The van der Waals surface area contributed by atoms with Gasteiger partial charge in [-0.3, -0.25) is 0 Å². The topological polar surface area (TPSA) is 30.9 Å². The average Bonchev–Trinajstić information content (AvgIpc) is 3.05. The number of hydrogen-bond acceptors (Lipinski definition) is 2. The lowest BCUT2D eigenvalue weighted by Crippen LogP contribution is -2.48. The first kappa shape index (κ1) is 22.9. The summed E-state index contributed by atoms with van der Waals surface area (Å²) in [5.41, 5.74) is 1.87. The number of rotatable bonds is 3. The van der Waals surface area contributed by atoms with Crippen molar-refractivity contribution in [1.82, 2.24) is 9.78 Å². The molecule has 4 nitrogen and oxygen atoms in total. The van der Waals surface area contributed by atoms with Gasteiger partial charge in [-0.25, -0.2) is 4.57 Å². The van der Waals surface area contributed by atoms with Crippen molar-refractivity contribution in [3.8, 4) is 5.69 Å². The molecule has 1 atom stereocenters. The largest absolute Gasteiger partial charge is 0.673 e. The molecule has 0 amide bonds. The molecular formula is C18H15BCl3F4N3O. The molecule has 0 radical (unpaired) electrons.